The zero-order valence-corrected chi connectivity index (χ0v) is 8.34. The van der Waals surface area contributed by atoms with E-state index in [2.05, 4.69) is 6.92 Å². The van der Waals surface area contributed by atoms with E-state index in [1.54, 1.807) is 0 Å². The number of nitrogens with two attached hydrogens (primary N) is 1. The second kappa shape index (κ2) is 3.32. The lowest BCUT2D eigenvalue weighted by Gasteiger charge is -2.33. The molecule has 0 bridgehead atoms. The van der Waals surface area contributed by atoms with Gasteiger partial charge in [0.1, 0.15) is 0 Å². The Morgan fingerprint density at radius 1 is 1.42 bits per heavy atom. The van der Waals surface area contributed by atoms with Gasteiger partial charge in [-0.05, 0) is 25.7 Å². The summed E-state index contributed by atoms with van der Waals surface area (Å²) in [5.41, 5.74) is 0. The molecule has 1 saturated heterocycles. The molecule has 1 aliphatic rings. The Balaban J connectivity index is 2.69. The topological polar surface area (TPSA) is 63.4 Å². The van der Waals surface area contributed by atoms with Crippen molar-refractivity contribution in [2.24, 2.45) is 11.1 Å². The molecule has 0 aromatic heterocycles. The van der Waals surface area contributed by atoms with Crippen molar-refractivity contribution in [1.82, 2.24) is 4.31 Å². The van der Waals surface area contributed by atoms with Crippen LogP contribution in [0.3, 0.4) is 0 Å². The largest absolute Gasteiger partial charge is 0.277 e. The number of nitrogens with zero attached hydrogens (tertiary/aromatic N) is 1. The lowest BCUT2D eigenvalue weighted by molar-refractivity contribution is 0.220. The van der Waals surface area contributed by atoms with E-state index in [1.165, 1.54) is 4.31 Å². The minimum Gasteiger partial charge on any atom is -0.216 e. The lowest BCUT2D eigenvalue weighted by atomic mass is 9.95. The minimum atomic E-state index is -3.47. The molecule has 12 heavy (non-hydrogen) atoms. The van der Waals surface area contributed by atoms with Gasteiger partial charge in [-0.2, -0.15) is 12.7 Å². The summed E-state index contributed by atoms with van der Waals surface area (Å²) >= 11 is 0. The average molecular weight is 192 g/mol. The van der Waals surface area contributed by atoms with Gasteiger partial charge in [-0.15, -0.1) is 0 Å². The Bertz CT molecular complexity index is 250. The van der Waals surface area contributed by atoms with Gasteiger partial charge < -0.3 is 0 Å². The molecule has 1 heterocycles. The van der Waals surface area contributed by atoms with Crippen LogP contribution in [0, 0.1) is 5.92 Å². The molecule has 0 amide bonds. The van der Waals surface area contributed by atoms with E-state index in [-0.39, 0.29) is 6.04 Å². The van der Waals surface area contributed by atoms with Crippen LogP contribution in [-0.4, -0.2) is 25.3 Å². The second-order valence-corrected chi connectivity index (χ2v) is 5.13. The van der Waals surface area contributed by atoms with Crippen LogP contribution in [0.5, 0.6) is 0 Å². The molecule has 2 N–H and O–H groups in total. The van der Waals surface area contributed by atoms with Gasteiger partial charge in [0.05, 0.1) is 0 Å². The maximum Gasteiger partial charge on any atom is 0.277 e. The summed E-state index contributed by atoms with van der Waals surface area (Å²) in [6.45, 7) is 4.61. The van der Waals surface area contributed by atoms with E-state index in [4.69, 9.17) is 5.14 Å². The van der Waals surface area contributed by atoms with Crippen molar-refractivity contribution in [3.63, 3.8) is 0 Å². The molecule has 1 rings (SSSR count). The van der Waals surface area contributed by atoms with Gasteiger partial charge in [0.25, 0.3) is 10.2 Å². The van der Waals surface area contributed by atoms with Crippen LogP contribution in [0.1, 0.15) is 26.7 Å². The van der Waals surface area contributed by atoms with E-state index in [0.717, 1.165) is 12.8 Å². The first-order valence-electron chi connectivity index (χ1n) is 4.21. The van der Waals surface area contributed by atoms with Crippen LogP contribution >= 0.6 is 0 Å². The van der Waals surface area contributed by atoms with Crippen LogP contribution in [0.4, 0.5) is 0 Å². The summed E-state index contributed by atoms with van der Waals surface area (Å²) in [6, 6.07) is 0.0590. The summed E-state index contributed by atoms with van der Waals surface area (Å²) < 4.78 is 23.4. The second-order valence-electron chi connectivity index (χ2n) is 3.63. The number of rotatable bonds is 1. The molecule has 2 atom stereocenters. The van der Waals surface area contributed by atoms with Crippen molar-refractivity contribution in [3.8, 4) is 0 Å². The molecule has 0 spiro atoms. The predicted molar refractivity (Wildman–Crippen MR) is 47.7 cm³/mol. The van der Waals surface area contributed by atoms with Crippen LogP contribution in [0.25, 0.3) is 0 Å². The first kappa shape index (κ1) is 9.95. The molecule has 0 aliphatic carbocycles. The van der Waals surface area contributed by atoms with Crippen molar-refractivity contribution in [1.29, 1.82) is 0 Å². The third-order valence-electron chi connectivity index (χ3n) is 2.40. The minimum absolute atomic E-state index is 0.0590. The van der Waals surface area contributed by atoms with Crippen molar-refractivity contribution in [2.45, 2.75) is 32.7 Å². The highest BCUT2D eigenvalue weighted by molar-refractivity contribution is 7.86. The van der Waals surface area contributed by atoms with Crippen LogP contribution in [-0.2, 0) is 10.2 Å². The highest BCUT2D eigenvalue weighted by atomic mass is 32.2. The van der Waals surface area contributed by atoms with Gasteiger partial charge in [0.2, 0.25) is 0 Å². The molecule has 0 radical (unpaired) electrons. The molecular weight excluding hydrogens is 176 g/mol. The van der Waals surface area contributed by atoms with E-state index >= 15 is 0 Å². The number of piperidine rings is 1. The van der Waals surface area contributed by atoms with Crippen molar-refractivity contribution in [3.05, 3.63) is 0 Å². The Labute approximate surface area is 73.9 Å². The summed E-state index contributed by atoms with van der Waals surface area (Å²) in [4.78, 5) is 0. The first-order chi connectivity index (χ1) is 5.41. The zero-order valence-electron chi connectivity index (χ0n) is 7.53. The third-order valence-corrected chi connectivity index (χ3v) is 3.60. The smallest absolute Gasteiger partial charge is 0.216 e. The summed E-state index contributed by atoms with van der Waals surface area (Å²) in [5, 5.41) is 5.04. The molecule has 0 aromatic rings. The van der Waals surface area contributed by atoms with Crippen molar-refractivity contribution >= 4 is 10.2 Å². The maximum absolute atomic E-state index is 11.0. The van der Waals surface area contributed by atoms with Crippen LogP contribution in [0.15, 0.2) is 0 Å². The summed E-state index contributed by atoms with van der Waals surface area (Å²) in [7, 11) is -3.47. The van der Waals surface area contributed by atoms with Crippen molar-refractivity contribution in [2.75, 3.05) is 6.54 Å². The van der Waals surface area contributed by atoms with Gasteiger partial charge in [-0.3, -0.25) is 0 Å². The molecule has 4 nitrogen and oxygen atoms in total. The number of hydrogen-bond acceptors (Lipinski definition) is 2. The van der Waals surface area contributed by atoms with Gasteiger partial charge in [0, 0.05) is 12.6 Å². The highest BCUT2D eigenvalue weighted by Crippen LogP contribution is 2.22. The molecule has 0 saturated carbocycles. The molecule has 2 unspecified atom stereocenters. The Kier molecular flexibility index (Phi) is 2.75. The fourth-order valence-electron chi connectivity index (χ4n) is 1.76. The maximum atomic E-state index is 11.0. The standard InChI is InChI=1S/C7H16N2O2S/c1-6-3-4-9(7(2)5-6)12(8,10)11/h6-7H,3-5H2,1-2H3,(H2,8,10,11). The predicted octanol–water partition coefficient (Wildman–Crippen LogP) is 0.310. The SMILES string of the molecule is CC1CCN(S(N)(=O)=O)C(C)C1. The summed E-state index contributed by atoms with van der Waals surface area (Å²) in [5.74, 6) is 0.609. The third kappa shape index (κ3) is 2.18. The Hall–Kier alpha value is -0.130. The van der Waals surface area contributed by atoms with E-state index in [1.807, 2.05) is 6.92 Å². The van der Waals surface area contributed by atoms with E-state index in [0.29, 0.717) is 12.5 Å². The monoisotopic (exact) mass is 192 g/mol. The highest BCUT2D eigenvalue weighted by Gasteiger charge is 2.29. The molecule has 5 heteroatoms. The molecule has 1 aliphatic heterocycles. The van der Waals surface area contributed by atoms with Crippen molar-refractivity contribution < 1.29 is 8.42 Å². The quantitative estimate of drug-likeness (QED) is 0.650. The van der Waals surface area contributed by atoms with Crippen LogP contribution < -0.4 is 5.14 Å². The van der Waals surface area contributed by atoms with Gasteiger partial charge in [-0.25, -0.2) is 5.14 Å². The number of hydrogen-bond donors (Lipinski definition) is 1. The normalized spacial score (nSPS) is 33.6. The van der Waals surface area contributed by atoms with E-state index < -0.39 is 10.2 Å². The molecule has 1 fully saturated rings. The van der Waals surface area contributed by atoms with Gasteiger partial charge in [-0.1, -0.05) is 6.92 Å². The average Bonchev–Trinajstić information content (AvgIpc) is 1.83. The summed E-state index contributed by atoms with van der Waals surface area (Å²) in [6.07, 6.45) is 1.83. The zero-order chi connectivity index (χ0) is 9.35. The molecular formula is C7H16N2O2S. The fraction of sp³-hybridized carbons (Fsp3) is 1.00. The Morgan fingerprint density at radius 3 is 2.42 bits per heavy atom. The molecule has 72 valence electrons. The van der Waals surface area contributed by atoms with E-state index in [9.17, 15) is 8.42 Å². The molecule has 0 aromatic carbocycles. The fourth-order valence-corrected chi connectivity index (χ4v) is 2.71. The lowest BCUT2D eigenvalue weighted by Crippen LogP contribution is -2.47. The van der Waals surface area contributed by atoms with Gasteiger partial charge in [0.15, 0.2) is 0 Å². The Morgan fingerprint density at radius 2 is 2.00 bits per heavy atom. The first-order valence-corrected chi connectivity index (χ1v) is 5.71. The van der Waals surface area contributed by atoms with Gasteiger partial charge >= 0.3 is 0 Å². The van der Waals surface area contributed by atoms with Crippen LogP contribution in [0.2, 0.25) is 0 Å².